The average Bonchev–Trinajstić information content (AvgIpc) is 2.73. The quantitative estimate of drug-likeness (QED) is 0.585. The van der Waals surface area contributed by atoms with E-state index >= 15 is 0 Å². The van der Waals surface area contributed by atoms with Gasteiger partial charge in [0.1, 0.15) is 5.84 Å². The highest BCUT2D eigenvalue weighted by atomic mass is 79.9. The molecule has 0 bridgehead atoms. The number of alkyl halides is 3. The Kier molecular flexibility index (Phi) is 7.59. The second-order valence-corrected chi connectivity index (χ2v) is 7.75. The molecule has 9 heteroatoms. The van der Waals surface area contributed by atoms with E-state index in [4.69, 9.17) is 9.73 Å². The van der Waals surface area contributed by atoms with Gasteiger partial charge >= 0.3 is 6.18 Å². The third kappa shape index (κ3) is 5.30. The summed E-state index contributed by atoms with van der Waals surface area (Å²) in [6.07, 6.45) is -1.82. The molecular formula is C19H27BrF3N3O2. The lowest BCUT2D eigenvalue weighted by Gasteiger charge is -2.35. The molecule has 0 aromatic carbocycles. The minimum Gasteiger partial charge on any atom is -0.481 e. The number of carbonyl (C=O) groups excluding carboxylic acids is 1. The maximum Gasteiger partial charge on any atom is 0.422 e. The number of carbonyl (C=O) groups is 1. The van der Waals surface area contributed by atoms with Crippen LogP contribution in [0.25, 0.3) is 0 Å². The van der Waals surface area contributed by atoms with Crippen molar-refractivity contribution in [1.82, 2.24) is 9.80 Å². The van der Waals surface area contributed by atoms with Gasteiger partial charge < -0.3 is 14.5 Å². The first kappa shape index (κ1) is 22.8. The molecule has 0 aliphatic carbocycles. The molecule has 28 heavy (non-hydrogen) atoms. The second-order valence-electron chi connectivity index (χ2n) is 6.96. The molecule has 2 aliphatic heterocycles. The average molecular weight is 466 g/mol. The Bertz CT molecular complexity index is 693. The van der Waals surface area contributed by atoms with Gasteiger partial charge in [-0.25, -0.2) is 4.99 Å². The minimum atomic E-state index is -4.42. The van der Waals surface area contributed by atoms with Gasteiger partial charge in [0, 0.05) is 38.7 Å². The van der Waals surface area contributed by atoms with Crippen molar-refractivity contribution in [1.29, 1.82) is 0 Å². The van der Waals surface area contributed by atoms with Gasteiger partial charge in [-0.3, -0.25) is 4.79 Å². The van der Waals surface area contributed by atoms with Crippen LogP contribution in [0.4, 0.5) is 13.2 Å². The summed E-state index contributed by atoms with van der Waals surface area (Å²) >= 11 is 3.46. The van der Waals surface area contributed by atoms with Gasteiger partial charge in [-0.05, 0) is 41.6 Å². The number of halogens is 4. The first-order valence-corrected chi connectivity index (χ1v) is 10.3. The molecule has 5 nitrogen and oxygen atoms in total. The van der Waals surface area contributed by atoms with Crippen LogP contribution in [0.3, 0.4) is 0 Å². The Labute approximate surface area is 172 Å². The largest absolute Gasteiger partial charge is 0.481 e. The molecular weight excluding hydrogens is 439 g/mol. The van der Waals surface area contributed by atoms with E-state index in [0.717, 1.165) is 24.4 Å². The second kappa shape index (κ2) is 9.33. The number of hydrogen-bond donors (Lipinski definition) is 0. The van der Waals surface area contributed by atoms with Crippen LogP contribution in [0.15, 0.2) is 26.6 Å². The summed E-state index contributed by atoms with van der Waals surface area (Å²) in [5.74, 6) is 1.16. The van der Waals surface area contributed by atoms with Gasteiger partial charge in [0.05, 0.1) is 10.2 Å². The predicted molar refractivity (Wildman–Crippen MR) is 106 cm³/mol. The van der Waals surface area contributed by atoms with E-state index in [-0.39, 0.29) is 17.6 Å². The number of amides is 1. The van der Waals surface area contributed by atoms with Gasteiger partial charge in [-0.2, -0.15) is 13.2 Å². The van der Waals surface area contributed by atoms with Crippen molar-refractivity contribution in [3.05, 3.63) is 21.6 Å². The van der Waals surface area contributed by atoms with E-state index < -0.39 is 12.8 Å². The van der Waals surface area contributed by atoms with Crippen molar-refractivity contribution < 1.29 is 22.7 Å². The van der Waals surface area contributed by atoms with Gasteiger partial charge in [-0.15, -0.1) is 0 Å². The molecule has 0 aromatic rings. The van der Waals surface area contributed by atoms with Gasteiger partial charge in [0.15, 0.2) is 12.4 Å². The molecule has 0 saturated carbocycles. The fourth-order valence-electron chi connectivity index (χ4n) is 3.56. The third-order valence-electron chi connectivity index (χ3n) is 5.07. The topological polar surface area (TPSA) is 45.1 Å². The molecule has 158 valence electrons. The molecule has 2 rings (SSSR count). The third-order valence-corrected chi connectivity index (χ3v) is 5.89. The maximum absolute atomic E-state index is 12.7. The Balaban J connectivity index is 2.40. The maximum atomic E-state index is 12.7. The zero-order valence-corrected chi connectivity index (χ0v) is 18.3. The van der Waals surface area contributed by atoms with E-state index in [9.17, 15) is 18.0 Å². The smallest absolute Gasteiger partial charge is 0.422 e. The highest BCUT2D eigenvalue weighted by Gasteiger charge is 2.34. The van der Waals surface area contributed by atoms with Crippen molar-refractivity contribution >= 4 is 27.7 Å². The van der Waals surface area contributed by atoms with Crippen LogP contribution in [0.2, 0.25) is 0 Å². The van der Waals surface area contributed by atoms with Crippen molar-refractivity contribution in [2.45, 2.75) is 52.6 Å². The van der Waals surface area contributed by atoms with Crippen molar-refractivity contribution in [3.8, 4) is 0 Å². The molecule has 0 spiro atoms. The SMILES string of the molecule is CCC1=C(OCC(F)(F)F)C(Br)=C(CC)N(C)C(C2CCN(C(C)=O)CC2)=N1. The summed E-state index contributed by atoms with van der Waals surface area (Å²) in [5.41, 5.74) is 1.32. The summed E-state index contributed by atoms with van der Waals surface area (Å²) in [4.78, 5) is 20.1. The molecule has 0 unspecified atom stereocenters. The number of aliphatic imine (C=N–C) groups is 1. The lowest BCUT2D eigenvalue weighted by molar-refractivity contribution is -0.164. The molecule has 0 N–H and O–H groups in total. The van der Waals surface area contributed by atoms with Gasteiger partial charge in [0.2, 0.25) is 5.91 Å². The van der Waals surface area contributed by atoms with E-state index in [2.05, 4.69) is 15.9 Å². The van der Waals surface area contributed by atoms with Crippen LogP contribution in [0, 0.1) is 5.92 Å². The zero-order valence-electron chi connectivity index (χ0n) is 16.7. The molecule has 0 radical (unpaired) electrons. The fourth-order valence-corrected chi connectivity index (χ4v) is 4.45. The van der Waals surface area contributed by atoms with Gasteiger partial charge in [-0.1, -0.05) is 13.8 Å². The summed E-state index contributed by atoms with van der Waals surface area (Å²) in [6, 6.07) is 0. The van der Waals surface area contributed by atoms with E-state index in [0.29, 0.717) is 36.1 Å². The predicted octanol–water partition coefficient (Wildman–Crippen LogP) is 4.81. The Morgan fingerprint density at radius 1 is 1.25 bits per heavy atom. The minimum absolute atomic E-state index is 0.0588. The number of piperidine rings is 1. The van der Waals surface area contributed by atoms with Crippen LogP contribution in [-0.2, 0) is 9.53 Å². The standard InChI is InChI=1S/C19H27BrF3N3O2/c1-5-14-17(28-11-19(21,22)23)16(20)15(6-2)25(4)18(24-14)13-7-9-26(10-8-13)12(3)27/h13H,5-11H2,1-4H3. The van der Waals surface area contributed by atoms with Crippen molar-refractivity contribution in [2.24, 2.45) is 10.9 Å². The molecule has 1 saturated heterocycles. The Morgan fingerprint density at radius 3 is 2.32 bits per heavy atom. The van der Waals surface area contributed by atoms with E-state index in [1.54, 1.807) is 6.92 Å². The van der Waals surface area contributed by atoms with Crippen LogP contribution in [0.5, 0.6) is 0 Å². The van der Waals surface area contributed by atoms with E-state index in [1.165, 1.54) is 0 Å². The summed E-state index contributed by atoms with van der Waals surface area (Å²) < 4.78 is 43.9. The highest BCUT2D eigenvalue weighted by molar-refractivity contribution is 9.12. The Morgan fingerprint density at radius 2 is 1.86 bits per heavy atom. The summed E-state index contributed by atoms with van der Waals surface area (Å²) in [5, 5.41) is 0. The van der Waals surface area contributed by atoms with E-state index in [1.807, 2.05) is 30.7 Å². The monoisotopic (exact) mass is 465 g/mol. The first-order chi connectivity index (χ1) is 13.1. The van der Waals surface area contributed by atoms with Crippen molar-refractivity contribution in [3.63, 3.8) is 0 Å². The van der Waals surface area contributed by atoms with Crippen molar-refractivity contribution in [2.75, 3.05) is 26.7 Å². The molecule has 0 atom stereocenters. The molecule has 2 heterocycles. The summed E-state index contributed by atoms with van der Waals surface area (Å²) in [6.45, 7) is 5.31. The number of hydrogen-bond acceptors (Lipinski definition) is 4. The lowest BCUT2D eigenvalue weighted by atomic mass is 9.94. The molecule has 2 aliphatic rings. The summed E-state index contributed by atoms with van der Waals surface area (Å²) in [7, 11) is 1.89. The molecule has 1 amide bonds. The normalized spacial score (nSPS) is 19.8. The van der Waals surface area contributed by atoms with Gasteiger partial charge in [0.25, 0.3) is 0 Å². The molecule has 0 aromatic heterocycles. The molecule has 1 fully saturated rings. The number of rotatable bonds is 5. The first-order valence-electron chi connectivity index (χ1n) is 9.48. The lowest BCUT2D eigenvalue weighted by Crippen LogP contribution is -2.42. The number of amidine groups is 1. The number of ether oxygens (including phenoxy) is 1. The van der Waals surface area contributed by atoms with Crippen LogP contribution >= 0.6 is 15.9 Å². The van der Waals surface area contributed by atoms with Crippen LogP contribution in [0.1, 0.15) is 46.5 Å². The van der Waals surface area contributed by atoms with Crippen LogP contribution < -0.4 is 0 Å². The number of nitrogens with zero attached hydrogens (tertiary/aromatic N) is 3. The number of likely N-dealkylation sites (tertiary alicyclic amines) is 1. The fraction of sp³-hybridized carbons (Fsp3) is 0.684. The highest BCUT2D eigenvalue weighted by Crippen LogP contribution is 2.36. The Hall–Kier alpha value is -1.51. The number of allylic oxidation sites excluding steroid dienone is 3. The van der Waals surface area contributed by atoms with Crippen LogP contribution in [-0.4, -0.2) is 54.5 Å². The zero-order chi connectivity index (χ0) is 21.1.